The Balaban J connectivity index is 1.36. The van der Waals surface area contributed by atoms with Crippen molar-refractivity contribution in [2.24, 2.45) is 0 Å². The molecular weight excluding hydrogens is 494 g/mol. The Kier molecular flexibility index (Phi) is 5.00. The molecular formula is C35H21N3S. The lowest BCUT2D eigenvalue weighted by molar-refractivity contribution is 1.28. The second kappa shape index (κ2) is 8.83. The van der Waals surface area contributed by atoms with E-state index in [1.165, 1.54) is 36.3 Å². The molecule has 0 fully saturated rings. The number of benzene rings is 4. The van der Waals surface area contributed by atoms with Crippen LogP contribution in [0.25, 0.3) is 75.6 Å². The van der Waals surface area contributed by atoms with Crippen LogP contribution in [0.2, 0.25) is 0 Å². The Labute approximate surface area is 229 Å². The number of hydrogen-bond acceptors (Lipinski definition) is 4. The zero-order chi connectivity index (χ0) is 25.8. The lowest BCUT2D eigenvalue weighted by Crippen LogP contribution is -1.92. The van der Waals surface area contributed by atoms with E-state index in [-0.39, 0.29) is 0 Å². The molecule has 0 saturated carbocycles. The highest BCUT2D eigenvalue weighted by atomic mass is 32.1. The molecule has 39 heavy (non-hydrogen) atoms. The summed E-state index contributed by atoms with van der Waals surface area (Å²) in [7, 11) is 0. The van der Waals surface area contributed by atoms with Crippen molar-refractivity contribution in [3.63, 3.8) is 0 Å². The Morgan fingerprint density at radius 1 is 0.513 bits per heavy atom. The smallest absolute Gasteiger partial charge is 0.0788 e. The molecule has 0 aliphatic carbocycles. The maximum atomic E-state index is 5.21. The van der Waals surface area contributed by atoms with Crippen LogP contribution in [0, 0.1) is 0 Å². The molecule has 0 N–H and O–H groups in total. The fourth-order valence-corrected chi connectivity index (χ4v) is 6.80. The molecule has 4 heterocycles. The van der Waals surface area contributed by atoms with Crippen LogP contribution in [0.1, 0.15) is 0 Å². The van der Waals surface area contributed by atoms with Gasteiger partial charge in [-0.05, 0) is 42.5 Å². The van der Waals surface area contributed by atoms with Crippen molar-refractivity contribution in [1.82, 2.24) is 15.0 Å². The summed E-state index contributed by atoms with van der Waals surface area (Å²) < 4.78 is 2.62. The van der Waals surface area contributed by atoms with Crippen molar-refractivity contribution < 1.29 is 0 Å². The summed E-state index contributed by atoms with van der Waals surface area (Å²) >= 11 is 1.87. The molecule has 0 spiro atoms. The summed E-state index contributed by atoms with van der Waals surface area (Å²) in [5.41, 5.74) is 6.98. The van der Waals surface area contributed by atoms with Crippen molar-refractivity contribution in [3.8, 4) is 33.8 Å². The van der Waals surface area contributed by atoms with Gasteiger partial charge in [-0.25, -0.2) is 9.97 Å². The van der Waals surface area contributed by atoms with E-state index in [1.807, 2.05) is 35.7 Å². The maximum Gasteiger partial charge on any atom is 0.0788 e. The molecule has 0 radical (unpaired) electrons. The van der Waals surface area contributed by atoms with Crippen molar-refractivity contribution in [2.45, 2.75) is 0 Å². The molecule has 4 aromatic heterocycles. The van der Waals surface area contributed by atoms with Crippen molar-refractivity contribution in [1.29, 1.82) is 0 Å². The zero-order valence-electron chi connectivity index (χ0n) is 20.9. The fraction of sp³-hybridized carbons (Fsp3) is 0. The number of fused-ring (bicyclic) bond motifs is 7. The van der Waals surface area contributed by atoms with Crippen LogP contribution < -0.4 is 0 Å². The lowest BCUT2D eigenvalue weighted by Gasteiger charge is -2.12. The molecule has 0 atom stereocenters. The summed E-state index contributed by atoms with van der Waals surface area (Å²) in [6.45, 7) is 0. The molecule has 0 bridgehead atoms. The molecule has 4 heteroatoms. The van der Waals surface area contributed by atoms with Crippen LogP contribution in [0.5, 0.6) is 0 Å². The number of pyridine rings is 3. The number of para-hydroxylation sites is 1. The Morgan fingerprint density at radius 2 is 1.26 bits per heavy atom. The summed E-state index contributed by atoms with van der Waals surface area (Å²) in [6, 6.07) is 40.4. The van der Waals surface area contributed by atoms with E-state index in [1.54, 1.807) is 6.20 Å². The van der Waals surface area contributed by atoms with Gasteiger partial charge in [0.1, 0.15) is 0 Å². The van der Waals surface area contributed by atoms with Crippen LogP contribution >= 0.6 is 11.3 Å². The molecule has 0 unspecified atom stereocenters. The van der Waals surface area contributed by atoms with Crippen LogP contribution in [0.15, 0.2) is 128 Å². The average Bonchev–Trinajstić information content (AvgIpc) is 3.40. The second-order valence-electron chi connectivity index (χ2n) is 9.67. The van der Waals surface area contributed by atoms with Gasteiger partial charge in [-0.3, -0.25) is 4.98 Å². The monoisotopic (exact) mass is 515 g/mol. The average molecular weight is 516 g/mol. The van der Waals surface area contributed by atoms with Crippen LogP contribution in [0.3, 0.4) is 0 Å². The van der Waals surface area contributed by atoms with Crippen molar-refractivity contribution in [3.05, 3.63) is 128 Å². The van der Waals surface area contributed by atoms with Gasteiger partial charge in [0.2, 0.25) is 0 Å². The standard InChI is InChI=1S/C35H21N3S/c1-3-13-31-27(12-1)33-28(18-17-26-25-11-2-4-16-32(25)39-35(26)33)34(38-31)23-9-5-8-22(20-23)29-14-6-15-30(37-29)24-10-7-19-36-21-24/h1-21H. The van der Waals surface area contributed by atoms with Gasteiger partial charge in [0.05, 0.1) is 22.6 Å². The first kappa shape index (κ1) is 22.1. The van der Waals surface area contributed by atoms with Crippen LogP contribution in [-0.4, -0.2) is 15.0 Å². The van der Waals surface area contributed by atoms with Crippen LogP contribution in [0.4, 0.5) is 0 Å². The molecule has 3 nitrogen and oxygen atoms in total. The first-order valence-electron chi connectivity index (χ1n) is 12.9. The SMILES string of the molecule is c1cncc(-c2cccc(-c3cccc(-c4nc5ccccc5c5c4ccc4c6ccccc6sc45)c3)n2)c1. The minimum atomic E-state index is 0.910. The van der Waals surface area contributed by atoms with Gasteiger partial charge in [0.25, 0.3) is 0 Å². The summed E-state index contributed by atoms with van der Waals surface area (Å²) in [4.78, 5) is 14.4. The molecule has 0 amide bonds. The third-order valence-electron chi connectivity index (χ3n) is 7.35. The largest absolute Gasteiger partial charge is 0.264 e. The van der Waals surface area contributed by atoms with Crippen LogP contribution in [-0.2, 0) is 0 Å². The predicted molar refractivity (Wildman–Crippen MR) is 164 cm³/mol. The summed E-state index contributed by atoms with van der Waals surface area (Å²) in [6.07, 6.45) is 3.63. The first-order chi connectivity index (χ1) is 19.3. The van der Waals surface area contributed by atoms with E-state index in [2.05, 4.69) is 102 Å². The maximum absolute atomic E-state index is 5.21. The zero-order valence-corrected chi connectivity index (χ0v) is 21.7. The molecule has 0 aliphatic rings. The predicted octanol–water partition coefficient (Wildman–Crippen LogP) is 9.55. The van der Waals surface area contributed by atoms with Gasteiger partial charge < -0.3 is 0 Å². The Bertz CT molecular complexity index is 2180. The number of nitrogens with zero attached hydrogens (tertiary/aromatic N) is 3. The van der Waals surface area contributed by atoms with Crippen molar-refractivity contribution in [2.75, 3.05) is 0 Å². The summed E-state index contributed by atoms with van der Waals surface area (Å²) in [5, 5.41) is 6.24. The molecule has 8 aromatic rings. The Hall–Kier alpha value is -4.93. The van der Waals surface area contributed by atoms with E-state index >= 15 is 0 Å². The Morgan fingerprint density at radius 3 is 2.15 bits per heavy atom. The highest BCUT2D eigenvalue weighted by Gasteiger charge is 2.16. The highest BCUT2D eigenvalue weighted by molar-refractivity contribution is 7.26. The lowest BCUT2D eigenvalue weighted by atomic mass is 9.97. The van der Waals surface area contributed by atoms with Gasteiger partial charge in [-0.2, -0.15) is 0 Å². The van der Waals surface area contributed by atoms with Gasteiger partial charge in [-0.15, -0.1) is 11.3 Å². The van der Waals surface area contributed by atoms with Gasteiger partial charge in [0.15, 0.2) is 0 Å². The molecule has 8 rings (SSSR count). The molecule has 0 saturated heterocycles. The van der Waals surface area contributed by atoms with E-state index < -0.39 is 0 Å². The third-order valence-corrected chi connectivity index (χ3v) is 8.55. The normalized spacial score (nSPS) is 11.6. The fourth-order valence-electron chi connectivity index (χ4n) is 5.53. The second-order valence-corrected chi connectivity index (χ2v) is 10.7. The van der Waals surface area contributed by atoms with E-state index in [9.17, 15) is 0 Å². The topological polar surface area (TPSA) is 38.7 Å². The van der Waals surface area contributed by atoms with Gasteiger partial charge in [0, 0.05) is 65.4 Å². The first-order valence-corrected chi connectivity index (χ1v) is 13.8. The minimum Gasteiger partial charge on any atom is -0.264 e. The van der Waals surface area contributed by atoms with Gasteiger partial charge in [-0.1, -0.05) is 72.8 Å². The van der Waals surface area contributed by atoms with E-state index in [0.717, 1.165) is 39.3 Å². The third kappa shape index (κ3) is 3.61. The van der Waals surface area contributed by atoms with E-state index in [4.69, 9.17) is 9.97 Å². The number of hydrogen-bond donors (Lipinski definition) is 0. The summed E-state index contributed by atoms with van der Waals surface area (Å²) in [5.74, 6) is 0. The molecule has 4 aromatic carbocycles. The quantitative estimate of drug-likeness (QED) is 0.220. The number of thiophene rings is 1. The number of rotatable bonds is 3. The molecule has 182 valence electrons. The minimum absolute atomic E-state index is 0.910. The molecule has 0 aliphatic heterocycles. The highest BCUT2D eigenvalue weighted by Crippen LogP contribution is 2.43. The number of aromatic nitrogens is 3. The van der Waals surface area contributed by atoms with E-state index in [0.29, 0.717) is 0 Å². The van der Waals surface area contributed by atoms with Crippen molar-refractivity contribution >= 4 is 53.2 Å². The van der Waals surface area contributed by atoms with Gasteiger partial charge >= 0.3 is 0 Å².